The maximum absolute atomic E-state index is 5.42. The first-order valence-electron chi connectivity index (χ1n) is 8.37. The average molecular weight is 341 g/mol. The summed E-state index contributed by atoms with van der Waals surface area (Å²) in [6.07, 6.45) is 0.951. The van der Waals surface area contributed by atoms with Gasteiger partial charge in [-0.2, -0.15) is 0 Å². The third-order valence-electron chi connectivity index (χ3n) is 3.99. The van der Waals surface area contributed by atoms with Crippen molar-refractivity contribution in [1.82, 2.24) is 10.6 Å². The van der Waals surface area contributed by atoms with Crippen LogP contribution in [0.4, 0.5) is 0 Å². The molecule has 0 bridgehead atoms. The summed E-state index contributed by atoms with van der Waals surface area (Å²) in [7, 11) is 5.08. The van der Waals surface area contributed by atoms with Gasteiger partial charge in [-0.25, -0.2) is 0 Å². The van der Waals surface area contributed by atoms with Crippen molar-refractivity contribution in [2.24, 2.45) is 4.99 Å². The monoisotopic (exact) mass is 341 g/mol. The molecule has 2 rings (SSSR count). The molecule has 0 saturated heterocycles. The summed E-state index contributed by atoms with van der Waals surface area (Å²) in [6, 6.07) is 14.4. The summed E-state index contributed by atoms with van der Waals surface area (Å²) in [5.74, 6) is 2.34. The molecular formula is C20H27N3O2. The summed E-state index contributed by atoms with van der Waals surface area (Å²) in [6.45, 7) is 3.54. The molecule has 5 heteroatoms. The minimum atomic E-state index is 0.622. The predicted octanol–water partition coefficient (Wildman–Crippen LogP) is 2.92. The van der Waals surface area contributed by atoms with Gasteiger partial charge in [0, 0.05) is 31.8 Å². The van der Waals surface area contributed by atoms with Crippen LogP contribution in [-0.4, -0.2) is 33.8 Å². The number of aryl methyl sites for hydroxylation is 1. The van der Waals surface area contributed by atoms with E-state index in [0.29, 0.717) is 6.54 Å². The van der Waals surface area contributed by atoms with E-state index < -0.39 is 0 Å². The molecule has 0 heterocycles. The van der Waals surface area contributed by atoms with Crippen molar-refractivity contribution in [1.29, 1.82) is 0 Å². The molecule has 0 fully saturated rings. The van der Waals surface area contributed by atoms with E-state index in [-0.39, 0.29) is 0 Å². The van der Waals surface area contributed by atoms with Gasteiger partial charge in [0.05, 0.1) is 14.2 Å². The lowest BCUT2D eigenvalue weighted by Crippen LogP contribution is -2.37. The molecule has 0 aromatic heterocycles. The minimum Gasteiger partial charge on any atom is -0.497 e. The minimum absolute atomic E-state index is 0.622. The van der Waals surface area contributed by atoms with Crippen molar-refractivity contribution in [2.75, 3.05) is 27.8 Å². The highest BCUT2D eigenvalue weighted by Gasteiger charge is 2.06. The molecule has 25 heavy (non-hydrogen) atoms. The molecule has 2 N–H and O–H groups in total. The van der Waals surface area contributed by atoms with Gasteiger partial charge in [-0.15, -0.1) is 0 Å². The van der Waals surface area contributed by atoms with E-state index in [1.54, 1.807) is 21.3 Å². The van der Waals surface area contributed by atoms with Crippen LogP contribution in [0.15, 0.2) is 47.5 Å². The van der Waals surface area contributed by atoms with Crippen LogP contribution < -0.4 is 20.1 Å². The van der Waals surface area contributed by atoms with Crippen molar-refractivity contribution in [3.8, 4) is 11.5 Å². The van der Waals surface area contributed by atoms with Crippen molar-refractivity contribution >= 4 is 5.96 Å². The fourth-order valence-corrected chi connectivity index (χ4v) is 2.48. The Hall–Kier alpha value is -2.69. The normalized spacial score (nSPS) is 11.1. The quantitative estimate of drug-likeness (QED) is 0.601. The number of aliphatic imine (C=N–C) groups is 1. The number of ether oxygens (including phenoxy) is 2. The average Bonchev–Trinajstić information content (AvgIpc) is 2.65. The largest absolute Gasteiger partial charge is 0.497 e. The third kappa shape index (κ3) is 5.71. The van der Waals surface area contributed by atoms with Gasteiger partial charge < -0.3 is 20.1 Å². The predicted molar refractivity (Wildman–Crippen MR) is 103 cm³/mol. The highest BCUT2D eigenvalue weighted by Crippen LogP contribution is 2.24. The van der Waals surface area contributed by atoms with E-state index in [0.717, 1.165) is 36.0 Å². The Bertz CT molecular complexity index is 697. The fraction of sp³-hybridized carbons (Fsp3) is 0.350. The molecule has 0 unspecified atom stereocenters. The summed E-state index contributed by atoms with van der Waals surface area (Å²) >= 11 is 0. The molecular weight excluding hydrogens is 314 g/mol. The first-order chi connectivity index (χ1) is 12.2. The topological polar surface area (TPSA) is 54.9 Å². The first kappa shape index (κ1) is 18.6. The number of nitrogens with zero attached hydrogens (tertiary/aromatic N) is 1. The van der Waals surface area contributed by atoms with Crippen LogP contribution in [0.5, 0.6) is 11.5 Å². The van der Waals surface area contributed by atoms with Crippen LogP contribution in [-0.2, 0) is 13.0 Å². The number of methoxy groups -OCH3 is 2. The first-order valence-corrected chi connectivity index (χ1v) is 8.37. The molecule has 2 aromatic carbocycles. The van der Waals surface area contributed by atoms with E-state index in [2.05, 4.69) is 46.8 Å². The van der Waals surface area contributed by atoms with Gasteiger partial charge in [-0.1, -0.05) is 29.8 Å². The van der Waals surface area contributed by atoms with Gasteiger partial charge in [0.15, 0.2) is 5.96 Å². The van der Waals surface area contributed by atoms with Crippen LogP contribution in [0.3, 0.4) is 0 Å². The second-order valence-corrected chi connectivity index (χ2v) is 5.77. The zero-order valence-corrected chi connectivity index (χ0v) is 15.4. The Morgan fingerprint density at radius 2 is 1.76 bits per heavy atom. The fourth-order valence-electron chi connectivity index (χ4n) is 2.48. The van der Waals surface area contributed by atoms with Crippen molar-refractivity contribution < 1.29 is 9.47 Å². The van der Waals surface area contributed by atoms with Crippen LogP contribution >= 0.6 is 0 Å². The standard InChI is InChI=1S/C20H27N3O2/c1-15-5-7-16(8-6-15)11-12-22-20(21-2)23-14-17-9-10-18(24-3)13-19(17)25-4/h5-10,13H,11-12,14H2,1-4H3,(H2,21,22,23). The second kappa shape index (κ2) is 9.57. The number of hydrogen-bond acceptors (Lipinski definition) is 3. The molecule has 0 saturated carbocycles. The molecule has 0 amide bonds. The lowest BCUT2D eigenvalue weighted by atomic mass is 10.1. The maximum atomic E-state index is 5.42. The van der Waals surface area contributed by atoms with Crippen molar-refractivity contribution in [3.05, 3.63) is 59.2 Å². The highest BCUT2D eigenvalue weighted by molar-refractivity contribution is 5.79. The zero-order chi connectivity index (χ0) is 18.1. The number of rotatable bonds is 7. The van der Waals surface area contributed by atoms with Gasteiger partial charge in [-0.05, 0) is 31.0 Å². The zero-order valence-electron chi connectivity index (χ0n) is 15.4. The molecule has 2 aromatic rings. The Labute approximate surface area is 150 Å². The van der Waals surface area contributed by atoms with Gasteiger partial charge in [0.25, 0.3) is 0 Å². The second-order valence-electron chi connectivity index (χ2n) is 5.77. The maximum Gasteiger partial charge on any atom is 0.191 e. The van der Waals surface area contributed by atoms with E-state index >= 15 is 0 Å². The molecule has 0 aliphatic heterocycles. The number of nitrogens with one attached hydrogen (secondary N) is 2. The van der Waals surface area contributed by atoms with E-state index in [4.69, 9.17) is 9.47 Å². The van der Waals surface area contributed by atoms with E-state index in [1.807, 2.05) is 18.2 Å². The highest BCUT2D eigenvalue weighted by atomic mass is 16.5. The Morgan fingerprint density at radius 1 is 1.00 bits per heavy atom. The smallest absolute Gasteiger partial charge is 0.191 e. The van der Waals surface area contributed by atoms with Crippen molar-refractivity contribution in [3.63, 3.8) is 0 Å². The summed E-state index contributed by atoms with van der Waals surface area (Å²) < 4.78 is 10.6. The molecule has 5 nitrogen and oxygen atoms in total. The summed E-state index contributed by atoms with van der Waals surface area (Å²) in [5.41, 5.74) is 3.64. The lowest BCUT2D eigenvalue weighted by Gasteiger charge is -2.14. The van der Waals surface area contributed by atoms with Gasteiger partial charge >= 0.3 is 0 Å². The number of guanidine groups is 1. The summed E-state index contributed by atoms with van der Waals surface area (Å²) in [4.78, 5) is 4.27. The van der Waals surface area contributed by atoms with Crippen LogP contribution in [0.1, 0.15) is 16.7 Å². The molecule has 134 valence electrons. The Balaban J connectivity index is 1.85. The third-order valence-corrected chi connectivity index (χ3v) is 3.99. The Kier molecular flexibility index (Phi) is 7.14. The molecule has 0 aliphatic carbocycles. The van der Waals surface area contributed by atoms with E-state index in [9.17, 15) is 0 Å². The van der Waals surface area contributed by atoms with Crippen molar-refractivity contribution in [2.45, 2.75) is 19.9 Å². The Morgan fingerprint density at radius 3 is 2.40 bits per heavy atom. The number of benzene rings is 2. The van der Waals surface area contributed by atoms with Gasteiger partial charge in [0.1, 0.15) is 11.5 Å². The van der Waals surface area contributed by atoms with Gasteiger partial charge in [0.2, 0.25) is 0 Å². The lowest BCUT2D eigenvalue weighted by molar-refractivity contribution is 0.390. The molecule has 0 aliphatic rings. The SMILES string of the molecule is CN=C(NCCc1ccc(C)cc1)NCc1ccc(OC)cc1OC. The van der Waals surface area contributed by atoms with Crippen LogP contribution in [0.25, 0.3) is 0 Å². The summed E-state index contributed by atoms with van der Waals surface area (Å²) in [5, 5.41) is 6.65. The molecule has 0 atom stereocenters. The molecule has 0 spiro atoms. The van der Waals surface area contributed by atoms with Gasteiger partial charge in [-0.3, -0.25) is 4.99 Å². The van der Waals surface area contributed by atoms with Crippen LogP contribution in [0, 0.1) is 6.92 Å². The number of hydrogen-bond donors (Lipinski definition) is 2. The molecule has 0 radical (unpaired) electrons. The van der Waals surface area contributed by atoms with Crippen LogP contribution in [0.2, 0.25) is 0 Å². The van der Waals surface area contributed by atoms with E-state index in [1.165, 1.54) is 11.1 Å².